The highest BCUT2D eigenvalue weighted by atomic mass is 32.2. The first-order valence-electron chi connectivity index (χ1n) is 9.27. The van der Waals surface area contributed by atoms with Crippen LogP contribution in [0, 0.1) is 11.6 Å². The molecule has 1 aliphatic carbocycles. The average Bonchev–Trinajstić information content (AvgIpc) is 3.16. The molecule has 0 saturated heterocycles. The van der Waals surface area contributed by atoms with E-state index in [0.29, 0.717) is 13.0 Å². The van der Waals surface area contributed by atoms with E-state index in [0.717, 1.165) is 43.4 Å². The van der Waals surface area contributed by atoms with Crippen LogP contribution in [-0.2, 0) is 16.4 Å². The third kappa shape index (κ3) is 3.54. The molecule has 0 radical (unpaired) electrons. The molecular formula is C20H20F2N2O3S. The first kappa shape index (κ1) is 19.0. The standard InChI is InChI=1S/C20H20F2N2O3S/c21-18-8-6-15(11-19(18)22)24-10-9-13-5-7-16(12-17(13)20(24)25)28(26,27)23-14-3-1-2-4-14/h5-8,11-12,14,23H,1-4,9-10H2. The van der Waals surface area contributed by atoms with Crippen molar-refractivity contribution in [3.8, 4) is 0 Å². The Kier molecular flexibility index (Phi) is 4.93. The summed E-state index contributed by atoms with van der Waals surface area (Å²) in [6, 6.07) is 7.75. The van der Waals surface area contributed by atoms with Crippen LogP contribution in [0.3, 0.4) is 0 Å². The van der Waals surface area contributed by atoms with Crippen molar-refractivity contribution < 1.29 is 22.0 Å². The van der Waals surface area contributed by atoms with Crippen LogP contribution in [0.4, 0.5) is 14.5 Å². The number of carbonyl (C=O) groups excluding carboxylic acids is 1. The molecule has 1 amide bonds. The number of nitrogens with one attached hydrogen (secondary N) is 1. The Morgan fingerprint density at radius 2 is 1.75 bits per heavy atom. The molecule has 1 saturated carbocycles. The number of anilines is 1. The van der Waals surface area contributed by atoms with Crippen molar-refractivity contribution in [2.45, 2.75) is 43.0 Å². The van der Waals surface area contributed by atoms with E-state index >= 15 is 0 Å². The molecule has 0 unspecified atom stereocenters. The Labute approximate surface area is 162 Å². The van der Waals surface area contributed by atoms with Crippen LogP contribution < -0.4 is 9.62 Å². The Hall–Kier alpha value is -2.32. The summed E-state index contributed by atoms with van der Waals surface area (Å²) in [5.74, 6) is -2.45. The van der Waals surface area contributed by atoms with E-state index in [9.17, 15) is 22.0 Å². The summed E-state index contributed by atoms with van der Waals surface area (Å²) in [4.78, 5) is 14.3. The van der Waals surface area contributed by atoms with Crippen molar-refractivity contribution in [3.05, 3.63) is 59.2 Å². The number of benzene rings is 2. The van der Waals surface area contributed by atoms with Gasteiger partial charge in [-0.15, -0.1) is 0 Å². The molecule has 1 fully saturated rings. The molecule has 4 rings (SSSR count). The normalized spacial score (nSPS) is 17.8. The number of nitrogens with zero attached hydrogens (tertiary/aromatic N) is 1. The van der Waals surface area contributed by atoms with Gasteiger partial charge in [0.2, 0.25) is 10.0 Å². The number of amides is 1. The molecule has 0 spiro atoms. The Morgan fingerprint density at radius 1 is 1.00 bits per heavy atom. The van der Waals surface area contributed by atoms with Gasteiger partial charge >= 0.3 is 0 Å². The lowest BCUT2D eigenvalue weighted by molar-refractivity contribution is 0.0980. The molecule has 2 aromatic carbocycles. The fourth-order valence-electron chi connectivity index (χ4n) is 3.85. The quantitative estimate of drug-likeness (QED) is 0.847. The van der Waals surface area contributed by atoms with Crippen molar-refractivity contribution >= 4 is 21.6 Å². The van der Waals surface area contributed by atoms with Gasteiger partial charge in [0.15, 0.2) is 11.6 Å². The van der Waals surface area contributed by atoms with E-state index in [-0.39, 0.29) is 22.2 Å². The molecule has 28 heavy (non-hydrogen) atoms. The van der Waals surface area contributed by atoms with Crippen LogP contribution in [0.5, 0.6) is 0 Å². The monoisotopic (exact) mass is 406 g/mol. The van der Waals surface area contributed by atoms with Crippen molar-refractivity contribution in [3.63, 3.8) is 0 Å². The predicted molar refractivity (Wildman–Crippen MR) is 101 cm³/mol. The van der Waals surface area contributed by atoms with Crippen molar-refractivity contribution in [1.82, 2.24) is 4.72 Å². The lowest BCUT2D eigenvalue weighted by Crippen LogP contribution is -2.38. The summed E-state index contributed by atoms with van der Waals surface area (Å²) in [5.41, 5.74) is 1.25. The van der Waals surface area contributed by atoms with Gasteiger partial charge in [0.05, 0.1) is 4.90 Å². The Bertz CT molecular complexity index is 1030. The Balaban J connectivity index is 1.64. The van der Waals surface area contributed by atoms with Crippen molar-refractivity contribution in [1.29, 1.82) is 0 Å². The zero-order chi connectivity index (χ0) is 19.9. The highest BCUT2D eigenvalue weighted by molar-refractivity contribution is 7.89. The topological polar surface area (TPSA) is 66.5 Å². The largest absolute Gasteiger partial charge is 0.308 e. The maximum absolute atomic E-state index is 13.6. The molecule has 1 aliphatic heterocycles. The minimum atomic E-state index is -3.73. The third-order valence-corrected chi connectivity index (χ3v) is 6.88. The highest BCUT2D eigenvalue weighted by Gasteiger charge is 2.29. The summed E-state index contributed by atoms with van der Waals surface area (Å²) >= 11 is 0. The van der Waals surface area contributed by atoms with Gasteiger partial charge < -0.3 is 4.90 Å². The molecule has 0 bridgehead atoms. The second kappa shape index (κ2) is 7.25. The molecule has 0 aromatic heterocycles. The van der Waals surface area contributed by atoms with Gasteiger partial charge in [0.1, 0.15) is 0 Å². The number of carbonyl (C=O) groups is 1. The predicted octanol–water partition coefficient (Wildman–Crippen LogP) is 3.39. The molecule has 148 valence electrons. The van der Waals surface area contributed by atoms with Gasteiger partial charge in [-0.2, -0.15) is 0 Å². The third-order valence-electron chi connectivity index (χ3n) is 5.36. The second-order valence-electron chi connectivity index (χ2n) is 7.23. The summed E-state index contributed by atoms with van der Waals surface area (Å²) in [6.45, 7) is 0.309. The average molecular weight is 406 g/mol. The van der Waals surface area contributed by atoms with Crippen LogP contribution in [0.15, 0.2) is 41.3 Å². The first-order valence-corrected chi connectivity index (χ1v) is 10.8. The smallest absolute Gasteiger partial charge is 0.258 e. The molecule has 1 heterocycles. The van der Waals surface area contributed by atoms with Gasteiger partial charge in [-0.05, 0) is 49.1 Å². The zero-order valence-corrected chi connectivity index (χ0v) is 15.9. The lowest BCUT2D eigenvalue weighted by Gasteiger charge is -2.29. The molecular weight excluding hydrogens is 386 g/mol. The van der Waals surface area contributed by atoms with E-state index in [2.05, 4.69) is 4.72 Å². The number of hydrogen-bond donors (Lipinski definition) is 1. The van der Waals surface area contributed by atoms with Crippen LogP contribution in [-0.4, -0.2) is 26.9 Å². The number of rotatable bonds is 4. The van der Waals surface area contributed by atoms with Gasteiger partial charge in [0, 0.05) is 29.9 Å². The van der Waals surface area contributed by atoms with Crippen LogP contribution >= 0.6 is 0 Å². The van der Waals surface area contributed by atoms with E-state index in [1.54, 1.807) is 6.07 Å². The molecule has 2 aliphatic rings. The maximum Gasteiger partial charge on any atom is 0.258 e. The molecule has 1 N–H and O–H groups in total. The van der Waals surface area contributed by atoms with E-state index < -0.39 is 27.6 Å². The van der Waals surface area contributed by atoms with Crippen molar-refractivity contribution in [2.75, 3.05) is 11.4 Å². The molecule has 8 heteroatoms. The van der Waals surface area contributed by atoms with Crippen LogP contribution in [0.1, 0.15) is 41.6 Å². The molecule has 2 aromatic rings. The lowest BCUT2D eigenvalue weighted by atomic mass is 9.98. The summed E-state index contributed by atoms with van der Waals surface area (Å²) in [7, 11) is -3.73. The summed E-state index contributed by atoms with van der Waals surface area (Å²) < 4.78 is 54.9. The molecule has 5 nitrogen and oxygen atoms in total. The van der Waals surface area contributed by atoms with Crippen LogP contribution in [0.2, 0.25) is 0 Å². The summed E-state index contributed by atoms with van der Waals surface area (Å²) in [6.07, 6.45) is 4.12. The maximum atomic E-state index is 13.6. The first-order chi connectivity index (χ1) is 13.3. The SMILES string of the molecule is O=C1c2cc(S(=O)(=O)NC3CCCC3)ccc2CCN1c1ccc(F)c(F)c1. The minimum absolute atomic E-state index is 0.0404. The van der Waals surface area contributed by atoms with E-state index in [1.807, 2.05) is 0 Å². The van der Waals surface area contributed by atoms with Gasteiger partial charge in [-0.3, -0.25) is 4.79 Å². The van der Waals surface area contributed by atoms with Gasteiger partial charge in [-0.25, -0.2) is 21.9 Å². The van der Waals surface area contributed by atoms with Crippen LogP contribution in [0.25, 0.3) is 0 Å². The number of sulfonamides is 1. The number of fused-ring (bicyclic) bond motifs is 1. The van der Waals surface area contributed by atoms with E-state index in [4.69, 9.17) is 0 Å². The number of hydrogen-bond acceptors (Lipinski definition) is 3. The second-order valence-corrected chi connectivity index (χ2v) is 8.94. The fraction of sp³-hybridized carbons (Fsp3) is 0.350. The highest BCUT2D eigenvalue weighted by Crippen LogP contribution is 2.28. The van der Waals surface area contributed by atoms with E-state index in [1.165, 1.54) is 23.1 Å². The number of halogens is 2. The Morgan fingerprint density at radius 3 is 2.46 bits per heavy atom. The fourth-order valence-corrected chi connectivity index (χ4v) is 5.18. The van der Waals surface area contributed by atoms with Gasteiger partial charge in [0.25, 0.3) is 5.91 Å². The minimum Gasteiger partial charge on any atom is -0.308 e. The summed E-state index contributed by atoms with van der Waals surface area (Å²) in [5, 5.41) is 0. The van der Waals surface area contributed by atoms with Gasteiger partial charge in [-0.1, -0.05) is 18.9 Å². The van der Waals surface area contributed by atoms with Crippen molar-refractivity contribution in [2.24, 2.45) is 0 Å². The molecule has 0 atom stereocenters. The zero-order valence-electron chi connectivity index (χ0n) is 15.1.